The van der Waals surface area contributed by atoms with Crippen LogP contribution in [0.3, 0.4) is 0 Å². The molecule has 130 valence electrons. The van der Waals surface area contributed by atoms with E-state index in [1.807, 2.05) is 36.4 Å². The van der Waals surface area contributed by atoms with Gasteiger partial charge in [-0.2, -0.15) is 11.8 Å². The van der Waals surface area contributed by atoms with Gasteiger partial charge in [0.25, 0.3) is 5.91 Å². The summed E-state index contributed by atoms with van der Waals surface area (Å²) in [6.07, 6.45) is 2.85. The van der Waals surface area contributed by atoms with Crippen molar-refractivity contribution in [3.8, 4) is 5.75 Å². The first-order valence-electron chi connectivity index (χ1n) is 8.10. The number of ether oxygens (including phenoxy) is 1. The number of imidazole rings is 1. The second-order valence-corrected chi connectivity index (χ2v) is 6.63. The van der Waals surface area contributed by atoms with Crippen LogP contribution < -0.4 is 10.1 Å². The molecule has 1 heterocycles. The SMILES string of the molecule is COc1ccccc1C(=O)NC(CCSC)c1nc2ccccc2[nH]1. The van der Waals surface area contributed by atoms with Crippen molar-refractivity contribution in [1.82, 2.24) is 15.3 Å². The number of hydrogen-bond acceptors (Lipinski definition) is 4. The summed E-state index contributed by atoms with van der Waals surface area (Å²) in [4.78, 5) is 20.7. The van der Waals surface area contributed by atoms with Crippen LogP contribution in [-0.4, -0.2) is 35.0 Å². The van der Waals surface area contributed by atoms with E-state index in [4.69, 9.17) is 4.74 Å². The van der Waals surface area contributed by atoms with Gasteiger partial charge in [0, 0.05) is 0 Å². The van der Waals surface area contributed by atoms with Gasteiger partial charge < -0.3 is 15.0 Å². The highest BCUT2D eigenvalue weighted by atomic mass is 32.2. The molecule has 0 fully saturated rings. The Kier molecular flexibility index (Phi) is 5.60. The molecule has 0 bridgehead atoms. The molecule has 1 amide bonds. The second kappa shape index (κ2) is 8.07. The van der Waals surface area contributed by atoms with Crippen LogP contribution in [0.4, 0.5) is 0 Å². The topological polar surface area (TPSA) is 67.0 Å². The molecule has 2 N–H and O–H groups in total. The molecule has 1 aromatic heterocycles. The van der Waals surface area contributed by atoms with Crippen molar-refractivity contribution in [3.05, 3.63) is 59.9 Å². The van der Waals surface area contributed by atoms with Gasteiger partial charge in [-0.1, -0.05) is 24.3 Å². The fraction of sp³-hybridized carbons (Fsp3) is 0.263. The fourth-order valence-corrected chi connectivity index (χ4v) is 3.19. The van der Waals surface area contributed by atoms with Crippen molar-refractivity contribution in [2.75, 3.05) is 19.1 Å². The van der Waals surface area contributed by atoms with E-state index in [0.717, 1.165) is 29.0 Å². The lowest BCUT2D eigenvalue weighted by Crippen LogP contribution is -2.30. The lowest BCUT2D eigenvalue weighted by Gasteiger charge is -2.17. The van der Waals surface area contributed by atoms with Crippen molar-refractivity contribution < 1.29 is 9.53 Å². The molecule has 2 aromatic carbocycles. The van der Waals surface area contributed by atoms with E-state index in [-0.39, 0.29) is 11.9 Å². The molecule has 0 aliphatic heterocycles. The van der Waals surface area contributed by atoms with Gasteiger partial charge in [-0.15, -0.1) is 0 Å². The third kappa shape index (κ3) is 3.96. The van der Waals surface area contributed by atoms with Crippen LogP contribution in [0.2, 0.25) is 0 Å². The molecule has 0 saturated carbocycles. The van der Waals surface area contributed by atoms with Crippen LogP contribution in [-0.2, 0) is 0 Å². The number of para-hydroxylation sites is 3. The molecular formula is C19H21N3O2S. The van der Waals surface area contributed by atoms with Gasteiger partial charge in [-0.3, -0.25) is 4.79 Å². The number of carbonyl (C=O) groups excluding carboxylic acids is 1. The number of aromatic nitrogens is 2. The summed E-state index contributed by atoms with van der Waals surface area (Å²) in [6, 6.07) is 14.9. The smallest absolute Gasteiger partial charge is 0.255 e. The van der Waals surface area contributed by atoms with E-state index < -0.39 is 0 Å². The molecule has 0 spiro atoms. The van der Waals surface area contributed by atoms with Crippen LogP contribution in [0.1, 0.15) is 28.6 Å². The third-order valence-electron chi connectivity index (χ3n) is 4.01. The Morgan fingerprint density at radius 3 is 2.76 bits per heavy atom. The predicted octanol–water partition coefficient (Wildman–Crippen LogP) is 3.80. The predicted molar refractivity (Wildman–Crippen MR) is 102 cm³/mol. The number of benzene rings is 2. The number of H-pyrrole nitrogens is 1. The minimum atomic E-state index is -0.183. The minimum Gasteiger partial charge on any atom is -0.496 e. The second-order valence-electron chi connectivity index (χ2n) is 5.65. The Balaban J connectivity index is 1.86. The number of carbonyl (C=O) groups is 1. The Morgan fingerprint density at radius 2 is 2.00 bits per heavy atom. The Hall–Kier alpha value is -2.47. The Labute approximate surface area is 151 Å². The van der Waals surface area contributed by atoms with Crippen LogP contribution in [0, 0.1) is 0 Å². The van der Waals surface area contributed by atoms with Crippen molar-refractivity contribution in [2.24, 2.45) is 0 Å². The summed E-state index contributed by atoms with van der Waals surface area (Å²) in [6.45, 7) is 0. The average Bonchev–Trinajstić information content (AvgIpc) is 3.08. The van der Waals surface area contributed by atoms with Crippen molar-refractivity contribution >= 4 is 28.7 Å². The summed E-state index contributed by atoms with van der Waals surface area (Å²) in [5.41, 5.74) is 2.40. The maximum Gasteiger partial charge on any atom is 0.255 e. The zero-order chi connectivity index (χ0) is 17.6. The lowest BCUT2D eigenvalue weighted by molar-refractivity contribution is 0.0931. The minimum absolute atomic E-state index is 0.163. The molecule has 25 heavy (non-hydrogen) atoms. The van der Waals surface area contributed by atoms with Crippen molar-refractivity contribution in [3.63, 3.8) is 0 Å². The molecule has 1 atom stereocenters. The largest absolute Gasteiger partial charge is 0.496 e. The molecule has 3 aromatic rings. The molecule has 6 heteroatoms. The molecule has 0 radical (unpaired) electrons. The number of nitrogens with one attached hydrogen (secondary N) is 2. The maximum atomic E-state index is 12.7. The summed E-state index contributed by atoms with van der Waals surface area (Å²) in [5.74, 6) is 2.10. The number of methoxy groups -OCH3 is 1. The fourth-order valence-electron chi connectivity index (χ4n) is 2.72. The van der Waals surface area contributed by atoms with Gasteiger partial charge in [0.1, 0.15) is 11.6 Å². The highest BCUT2D eigenvalue weighted by molar-refractivity contribution is 7.98. The normalized spacial score (nSPS) is 12.1. The van der Waals surface area contributed by atoms with Gasteiger partial charge in [0.15, 0.2) is 0 Å². The van der Waals surface area contributed by atoms with Gasteiger partial charge in [-0.25, -0.2) is 4.98 Å². The van der Waals surface area contributed by atoms with E-state index >= 15 is 0 Å². The van der Waals surface area contributed by atoms with Gasteiger partial charge in [-0.05, 0) is 42.7 Å². The van der Waals surface area contributed by atoms with Crippen molar-refractivity contribution in [1.29, 1.82) is 0 Å². The first-order valence-corrected chi connectivity index (χ1v) is 9.49. The monoisotopic (exact) mass is 355 g/mol. The summed E-state index contributed by atoms with van der Waals surface area (Å²) in [7, 11) is 1.57. The zero-order valence-electron chi connectivity index (χ0n) is 14.3. The first kappa shape index (κ1) is 17.4. The first-order chi connectivity index (χ1) is 12.2. The van der Waals surface area contributed by atoms with Gasteiger partial charge in [0.05, 0.1) is 29.7 Å². The van der Waals surface area contributed by atoms with E-state index in [1.54, 1.807) is 31.0 Å². The van der Waals surface area contributed by atoms with Crippen LogP contribution >= 0.6 is 11.8 Å². The number of thioether (sulfide) groups is 1. The molecule has 1 unspecified atom stereocenters. The number of fused-ring (bicyclic) bond motifs is 1. The highest BCUT2D eigenvalue weighted by Crippen LogP contribution is 2.22. The van der Waals surface area contributed by atoms with Gasteiger partial charge >= 0.3 is 0 Å². The third-order valence-corrected chi connectivity index (χ3v) is 4.65. The van der Waals surface area contributed by atoms with E-state index in [2.05, 4.69) is 21.5 Å². The average molecular weight is 355 g/mol. The molecule has 0 saturated heterocycles. The molecule has 3 rings (SSSR count). The van der Waals surface area contributed by atoms with E-state index in [1.165, 1.54) is 0 Å². The molecular weight excluding hydrogens is 334 g/mol. The number of amides is 1. The van der Waals surface area contributed by atoms with E-state index in [0.29, 0.717) is 11.3 Å². The van der Waals surface area contributed by atoms with Crippen LogP contribution in [0.5, 0.6) is 5.75 Å². The lowest BCUT2D eigenvalue weighted by atomic mass is 10.1. The zero-order valence-corrected chi connectivity index (χ0v) is 15.1. The summed E-state index contributed by atoms with van der Waals surface area (Å²) in [5, 5.41) is 3.09. The van der Waals surface area contributed by atoms with Crippen LogP contribution in [0.15, 0.2) is 48.5 Å². The maximum absolute atomic E-state index is 12.7. The van der Waals surface area contributed by atoms with E-state index in [9.17, 15) is 4.79 Å². The Bertz CT molecular complexity index is 830. The molecule has 0 aliphatic rings. The number of nitrogens with zero attached hydrogens (tertiary/aromatic N) is 1. The number of hydrogen-bond donors (Lipinski definition) is 2. The van der Waals surface area contributed by atoms with Crippen molar-refractivity contribution in [2.45, 2.75) is 12.5 Å². The van der Waals surface area contributed by atoms with Crippen LogP contribution in [0.25, 0.3) is 11.0 Å². The standard InChI is InChI=1S/C19H21N3O2S/c1-24-17-10-6-3-7-13(17)19(23)22-16(11-12-25-2)18-20-14-8-4-5-9-15(14)21-18/h3-10,16H,11-12H2,1-2H3,(H,20,21)(H,22,23). The molecule has 5 nitrogen and oxygen atoms in total. The number of aromatic amines is 1. The summed E-state index contributed by atoms with van der Waals surface area (Å²) >= 11 is 1.74. The number of rotatable bonds is 7. The quantitative estimate of drug-likeness (QED) is 0.676. The molecule has 0 aliphatic carbocycles. The van der Waals surface area contributed by atoms with Gasteiger partial charge in [0.2, 0.25) is 0 Å². The Morgan fingerprint density at radius 1 is 1.24 bits per heavy atom. The highest BCUT2D eigenvalue weighted by Gasteiger charge is 2.20. The summed E-state index contributed by atoms with van der Waals surface area (Å²) < 4.78 is 5.29.